The average molecular weight is 319 g/mol. The summed E-state index contributed by atoms with van der Waals surface area (Å²) in [7, 11) is 0. The van der Waals surface area contributed by atoms with Crippen molar-refractivity contribution in [1.82, 2.24) is 10.3 Å². The quantitative estimate of drug-likeness (QED) is 0.915. The van der Waals surface area contributed by atoms with Gasteiger partial charge in [0.1, 0.15) is 0 Å². The van der Waals surface area contributed by atoms with Gasteiger partial charge in [0, 0.05) is 16.9 Å². The van der Waals surface area contributed by atoms with Crippen molar-refractivity contribution in [3.63, 3.8) is 0 Å². The third-order valence-electron chi connectivity index (χ3n) is 3.21. The fourth-order valence-electron chi connectivity index (χ4n) is 2.27. The van der Waals surface area contributed by atoms with Crippen molar-refractivity contribution in [3.05, 3.63) is 63.4 Å². The molecule has 0 aliphatic rings. The third-order valence-corrected chi connectivity index (χ3v) is 3.65. The van der Waals surface area contributed by atoms with Crippen LogP contribution < -0.4 is 5.32 Å². The highest BCUT2D eigenvalue weighted by molar-refractivity contribution is 9.10. The number of aromatic nitrogens is 1. The molecule has 0 saturated heterocycles. The van der Waals surface area contributed by atoms with E-state index in [-0.39, 0.29) is 6.04 Å². The van der Waals surface area contributed by atoms with Crippen LogP contribution in [0.2, 0.25) is 0 Å². The summed E-state index contributed by atoms with van der Waals surface area (Å²) < 4.78 is 1.01. The van der Waals surface area contributed by atoms with Gasteiger partial charge in [0.15, 0.2) is 0 Å². The van der Waals surface area contributed by atoms with Gasteiger partial charge >= 0.3 is 0 Å². The summed E-state index contributed by atoms with van der Waals surface area (Å²) in [4.78, 5) is 4.28. The lowest BCUT2D eigenvalue weighted by atomic mass is 9.94. The molecule has 19 heavy (non-hydrogen) atoms. The lowest BCUT2D eigenvalue weighted by Gasteiger charge is -2.21. The second kappa shape index (κ2) is 6.31. The van der Waals surface area contributed by atoms with Gasteiger partial charge in [0.25, 0.3) is 0 Å². The molecule has 0 spiro atoms. The molecule has 3 heteroatoms. The summed E-state index contributed by atoms with van der Waals surface area (Å²) in [6, 6.07) is 8.91. The molecular weight excluding hydrogens is 300 g/mol. The smallest absolute Gasteiger partial charge is 0.0594 e. The number of hydrogen-bond acceptors (Lipinski definition) is 2. The molecule has 0 bridgehead atoms. The number of nitrogens with zero attached hydrogens (tertiary/aromatic N) is 1. The van der Waals surface area contributed by atoms with Gasteiger partial charge in [0.2, 0.25) is 0 Å². The number of pyridine rings is 1. The molecule has 0 aliphatic heterocycles. The molecule has 0 aliphatic carbocycles. The van der Waals surface area contributed by atoms with Crippen molar-refractivity contribution in [1.29, 1.82) is 0 Å². The first-order chi connectivity index (χ1) is 9.11. The second-order valence-electron chi connectivity index (χ2n) is 4.79. The molecule has 0 radical (unpaired) electrons. The first-order valence-corrected chi connectivity index (χ1v) is 7.32. The highest BCUT2D eigenvalue weighted by atomic mass is 79.9. The Morgan fingerprint density at radius 3 is 2.68 bits per heavy atom. The van der Waals surface area contributed by atoms with Gasteiger partial charge in [-0.05, 0) is 59.1 Å². The van der Waals surface area contributed by atoms with Gasteiger partial charge < -0.3 is 5.32 Å². The second-order valence-corrected chi connectivity index (χ2v) is 5.70. The summed E-state index contributed by atoms with van der Waals surface area (Å²) in [5.41, 5.74) is 5.09. The summed E-state index contributed by atoms with van der Waals surface area (Å²) in [6.45, 7) is 7.34. The molecule has 1 heterocycles. The molecule has 2 aromatic rings. The fraction of sp³-hybridized carbons (Fsp3) is 0.312. The molecule has 1 N–H and O–H groups in total. The van der Waals surface area contributed by atoms with Gasteiger partial charge in [-0.3, -0.25) is 4.98 Å². The van der Waals surface area contributed by atoms with Crippen LogP contribution in [0, 0.1) is 13.8 Å². The Hall–Kier alpha value is -1.19. The lowest BCUT2D eigenvalue weighted by molar-refractivity contribution is 0.625. The fourth-order valence-corrected chi connectivity index (χ4v) is 2.65. The normalized spacial score (nSPS) is 12.4. The predicted molar refractivity (Wildman–Crippen MR) is 83.4 cm³/mol. The highest BCUT2D eigenvalue weighted by Crippen LogP contribution is 2.26. The van der Waals surface area contributed by atoms with Crippen LogP contribution in [-0.2, 0) is 0 Å². The van der Waals surface area contributed by atoms with Crippen molar-refractivity contribution in [2.45, 2.75) is 26.8 Å². The Morgan fingerprint density at radius 2 is 2.00 bits per heavy atom. The van der Waals surface area contributed by atoms with E-state index in [0.29, 0.717) is 0 Å². The minimum Gasteiger partial charge on any atom is -0.306 e. The Bertz CT molecular complexity index is 566. The molecule has 0 fully saturated rings. The highest BCUT2D eigenvalue weighted by Gasteiger charge is 2.15. The van der Waals surface area contributed by atoms with Crippen LogP contribution in [0.15, 0.2) is 41.1 Å². The van der Waals surface area contributed by atoms with Gasteiger partial charge in [0.05, 0.1) is 6.04 Å². The first-order valence-electron chi connectivity index (χ1n) is 6.52. The van der Waals surface area contributed by atoms with E-state index in [9.17, 15) is 0 Å². The largest absolute Gasteiger partial charge is 0.306 e. The van der Waals surface area contributed by atoms with Crippen molar-refractivity contribution < 1.29 is 0 Å². The number of benzene rings is 1. The van der Waals surface area contributed by atoms with Gasteiger partial charge in [-0.15, -0.1) is 0 Å². The Kier molecular flexibility index (Phi) is 4.72. The maximum absolute atomic E-state index is 4.28. The minimum absolute atomic E-state index is 0.190. The summed E-state index contributed by atoms with van der Waals surface area (Å²) in [5, 5.41) is 3.55. The Morgan fingerprint density at radius 1 is 1.21 bits per heavy atom. The van der Waals surface area contributed by atoms with E-state index >= 15 is 0 Å². The molecule has 100 valence electrons. The topological polar surface area (TPSA) is 24.9 Å². The standard InChI is InChI=1S/C16H19BrN2/c1-4-19-16(13-8-14(17)10-18-9-13)15-7-11(2)5-6-12(15)3/h5-10,16,19H,4H2,1-3H3. The lowest BCUT2D eigenvalue weighted by Crippen LogP contribution is -2.23. The van der Waals surface area contributed by atoms with Gasteiger partial charge in [-0.2, -0.15) is 0 Å². The zero-order valence-electron chi connectivity index (χ0n) is 11.6. The number of aryl methyl sites for hydroxylation is 2. The van der Waals surface area contributed by atoms with Gasteiger partial charge in [-0.1, -0.05) is 30.7 Å². The van der Waals surface area contributed by atoms with E-state index in [1.54, 1.807) is 0 Å². The van der Waals surface area contributed by atoms with E-state index in [4.69, 9.17) is 0 Å². The van der Waals surface area contributed by atoms with E-state index in [2.05, 4.69) is 71.3 Å². The van der Waals surface area contributed by atoms with Crippen molar-refractivity contribution in [3.8, 4) is 0 Å². The number of nitrogens with one attached hydrogen (secondary N) is 1. The summed E-state index contributed by atoms with van der Waals surface area (Å²) >= 11 is 3.50. The van der Waals surface area contributed by atoms with Crippen LogP contribution >= 0.6 is 15.9 Å². The van der Waals surface area contributed by atoms with E-state index < -0.39 is 0 Å². The predicted octanol–water partition coefficient (Wildman–Crippen LogP) is 4.16. The molecule has 1 atom stereocenters. The molecule has 1 unspecified atom stereocenters. The van der Waals surface area contributed by atoms with Crippen LogP contribution in [0.3, 0.4) is 0 Å². The monoisotopic (exact) mass is 318 g/mol. The number of rotatable bonds is 4. The summed E-state index contributed by atoms with van der Waals surface area (Å²) in [5.74, 6) is 0. The zero-order valence-corrected chi connectivity index (χ0v) is 13.2. The number of hydrogen-bond donors (Lipinski definition) is 1. The third kappa shape index (κ3) is 3.43. The molecular formula is C16H19BrN2. The van der Waals surface area contributed by atoms with E-state index in [0.717, 1.165) is 11.0 Å². The molecule has 1 aromatic heterocycles. The average Bonchev–Trinajstić information content (AvgIpc) is 2.39. The molecule has 1 aromatic carbocycles. The molecule has 2 rings (SSSR count). The molecule has 2 nitrogen and oxygen atoms in total. The van der Waals surface area contributed by atoms with Gasteiger partial charge in [-0.25, -0.2) is 0 Å². The van der Waals surface area contributed by atoms with Crippen LogP contribution in [-0.4, -0.2) is 11.5 Å². The van der Waals surface area contributed by atoms with Crippen molar-refractivity contribution in [2.75, 3.05) is 6.54 Å². The van der Waals surface area contributed by atoms with E-state index in [1.165, 1.54) is 22.3 Å². The van der Waals surface area contributed by atoms with Crippen LogP contribution in [0.5, 0.6) is 0 Å². The number of halogens is 1. The minimum atomic E-state index is 0.190. The Balaban J connectivity index is 2.48. The molecule has 0 amide bonds. The van der Waals surface area contributed by atoms with Crippen LogP contribution in [0.25, 0.3) is 0 Å². The van der Waals surface area contributed by atoms with Crippen LogP contribution in [0.1, 0.15) is 35.2 Å². The Labute approximate surface area is 123 Å². The van der Waals surface area contributed by atoms with Crippen LogP contribution in [0.4, 0.5) is 0 Å². The first kappa shape index (κ1) is 14.2. The maximum Gasteiger partial charge on any atom is 0.0594 e. The van der Waals surface area contributed by atoms with Crippen molar-refractivity contribution in [2.24, 2.45) is 0 Å². The maximum atomic E-state index is 4.28. The summed E-state index contributed by atoms with van der Waals surface area (Å²) in [6.07, 6.45) is 3.75. The SMILES string of the molecule is CCNC(c1cncc(Br)c1)c1cc(C)ccc1C. The zero-order chi connectivity index (χ0) is 13.8. The van der Waals surface area contributed by atoms with E-state index in [1.807, 2.05) is 12.4 Å². The van der Waals surface area contributed by atoms with Crippen molar-refractivity contribution >= 4 is 15.9 Å². The molecule has 0 saturated carbocycles.